The fraction of sp³-hybridized carbons (Fsp3) is 0.273. The van der Waals surface area contributed by atoms with Crippen molar-refractivity contribution in [3.05, 3.63) is 34.9 Å². The third kappa shape index (κ3) is 2.76. The summed E-state index contributed by atoms with van der Waals surface area (Å²) < 4.78 is 0. The third-order valence-corrected chi connectivity index (χ3v) is 2.44. The first-order chi connectivity index (χ1) is 6.65. The predicted molar refractivity (Wildman–Crippen MR) is 60.7 cm³/mol. The van der Waals surface area contributed by atoms with E-state index in [1.165, 1.54) is 0 Å². The summed E-state index contributed by atoms with van der Waals surface area (Å²) >= 11 is 5.90. The molecule has 0 amide bonds. The van der Waals surface area contributed by atoms with Crippen LogP contribution in [0.3, 0.4) is 0 Å². The van der Waals surface area contributed by atoms with Crippen LogP contribution in [0.2, 0.25) is 5.02 Å². The van der Waals surface area contributed by atoms with Crippen molar-refractivity contribution in [1.82, 2.24) is 5.32 Å². The summed E-state index contributed by atoms with van der Waals surface area (Å²) in [6.07, 6.45) is 3.88. The number of halogens is 1. The normalized spacial score (nSPS) is 13.4. The Balaban J connectivity index is 2.86. The minimum atomic E-state index is 0.117. The molecule has 1 aromatic carbocycles. The Kier molecular flexibility index (Phi) is 3.98. The molecular formula is C11H14ClNO. The van der Waals surface area contributed by atoms with Gasteiger partial charge in [-0.3, -0.25) is 0 Å². The molecule has 0 spiro atoms. The van der Waals surface area contributed by atoms with Gasteiger partial charge in [0.05, 0.1) is 5.02 Å². The molecule has 0 bridgehead atoms. The lowest BCUT2D eigenvalue weighted by Gasteiger charge is -2.04. The molecule has 0 heterocycles. The molecule has 1 unspecified atom stereocenters. The van der Waals surface area contributed by atoms with Gasteiger partial charge in [-0.15, -0.1) is 0 Å². The number of likely N-dealkylation sites (N-methyl/N-ethyl adjacent to an activating group) is 1. The zero-order chi connectivity index (χ0) is 10.6. The zero-order valence-electron chi connectivity index (χ0n) is 8.29. The highest BCUT2D eigenvalue weighted by atomic mass is 35.5. The maximum atomic E-state index is 9.34. The smallest absolute Gasteiger partial charge is 0.134 e. The Labute approximate surface area is 89.2 Å². The third-order valence-electron chi connectivity index (χ3n) is 2.03. The molecule has 0 saturated heterocycles. The van der Waals surface area contributed by atoms with Crippen LogP contribution in [0, 0.1) is 0 Å². The van der Waals surface area contributed by atoms with E-state index in [9.17, 15) is 5.11 Å². The van der Waals surface area contributed by atoms with Crippen molar-refractivity contribution in [2.24, 2.45) is 0 Å². The summed E-state index contributed by atoms with van der Waals surface area (Å²) in [6.45, 7) is 2.03. The molecule has 0 aliphatic carbocycles. The van der Waals surface area contributed by atoms with Gasteiger partial charge in [-0.05, 0) is 25.6 Å². The SMILES string of the molecule is CNC(C)/C=C/c1cccc(O)c1Cl. The Morgan fingerprint density at radius 2 is 2.21 bits per heavy atom. The van der Waals surface area contributed by atoms with E-state index in [4.69, 9.17) is 11.6 Å². The zero-order valence-corrected chi connectivity index (χ0v) is 9.05. The van der Waals surface area contributed by atoms with Gasteiger partial charge >= 0.3 is 0 Å². The molecule has 1 atom stereocenters. The Bertz CT molecular complexity index is 336. The first-order valence-corrected chi connectivity index (χ1v) is 4.86. The monoisotopic (exact) mass is 211 g/mol. The van der Waals surface area contributed by atoms with Gasteiger partial charge in [0, 0.05) is 6.04 Å². The van der Waals surface area contributed by atoms with Crippen molar-refractivity contribution in [2.45, 2.75) is 13.0 Å². The van der Waals surface area contributed by atoms with Crippen LogP contribution in [0.5, 0.6) is 5.75 Å². The fourth-order valence-electron chi connectivity index (χ4n) is 1.01. The average Bonchev–Trinajstić information content (AvgIpc) is 2.20. The first kappa shape index (κ1) is 11.1. The van der Waals surface area contributed by atoms with Gasteiger partial charge < -0.3 is 10.4 Å². The number of phenolic OH excluding ortho intramolecular Hbond substituents is 1. The molecule has 0 radical (unpaired) electrons. The van der Waals surface area contributed by atoms with Crippen LogP contribution in [-0.2, 0) is 0 Å². The molecule has 0 aliphatic heterocycles. The molecule has 0 fully saturated rings. The first-order valence-electron chi connectivity index (χ1n) is 4.48. The lowest BCUT2D eigenvalue weighted by Crippen LogP contribution is -2.17. The number of benzene rings is 1. The highest BCUT2D eigenvalue weighted by Crippen LogP contribution is 2.27. The van der Waals surface area contributed by atoms with Gasteiger partial charge in [-0.1, -0.05) is 35.9 Å². The van der Waals surface area contributed by atoms with Gasteiger partial charge in [0.2, 0.25) is 0 Å². The van der Waals surface area contributed by atoms with Gasteiger partial charge in [-0.25, -0.2) is 0 Å². The van der Waals surface area contributed by atoms with E-state index < -0.39 is 0 Å². The largest absolute Gasteiger partial charge is 0.506 e. The van der Waals surface area contributed by atoms with Crippen molar-refractivity contribution in [3.8, 4) is 5.75 Å². The number of hydrogen-bond donors (Lipinski definition) is 2. The highest BCUT2D eigenvalue weighted by molar-refractivity contribution is 6.33. The second kappa shape index (κ2) is 5.03. The summed E-state index contributed by atoms with van der Waals surface area (Å²) in [5.41, 5.74) is 0.828. The Morgan fingerprint density at radius 3 is 2.86 bits per heavy atom. The quantitative estimate of drug-likeness (QED) is 0.806. The van der Waals surface area contributed by atoms with Crippen LogP contribution < -0.4 is 5.32 Å². The topological polar surface area (TPSA) is 32.3 Å². The fourth-order valence-corrected chi connectivity index (χ4v) is 1.20. The molecule has 14 heavy (non-hydrogen) atoms. The van der Waals surface area contributed by atoms with Crippen LogP contribution in [0.4, 0.5) is 0 Å². The molecule has 76 valence electrons. The van der Waals surface area contributed by atoms with E-state index in [2.05, 4.69) is 5.32 Å². The predicted octanol–water partition coefficient (Wildman–Crippen LogP) is 2.67. The van der Waals surface area contributed by atoms with Crippen LogP contribution in [-0.4, -0.2) is 18.2 Å². The van der Waals surface area contributed by atoms with Gasteiger partial charge in [0.1, 0.15) is 5.75 Å². The molecule has 0 aliphatic rings. The summed E-state index contributed by atoms with van der Waals surface area (Å²) in [7, 11) is 1.89. The van der Waals surface area contributed by atoms with Gasteiger partial charge in [0.25, 0.3) is 0 Å². The maximum absolute atomic E-state index is 9.34. The van der Waals surface area contributed by atoms with Crippen molar-refractivity contribution < 1.29 is 5.11 Å². The van der Waals surface area contributed by atoms with Crippen LogP contribution >= 0.6 is 11.6 Å². The maximum Gasteiger partial charge on any atom is 0.134 e. The number of nitrogens with one attached hydrogen (secondary N) is 1. The van der Waals surface area contributed by atoms with Gasteiger partial charge in [-0.2, -0.15) is 0 Å². The molecule has 1 aromatic rings. The molecule has 0 aromatic heterocycles. The average molecular weight is 212 g/mol. The standard InChI is InChI=1S/C11H14ClNO/c1-8(13-2)6-7-9-4-3-5-10(14)11(9)12/h3-8,13-14H,1-2H3/b7-6+. The molecule has 0 saturated carbocycles. The Hall–Kier alpha value is -0.990. The number of hydrogen-bond acceptors (Lipinski definition) is 2. The minimum absolute atomic E-state index is 0.117. The second-order valence-corrected chi connectivity index (χ2v) is 3.49. The minimum Gasteiger partial charge on any atom is -0.506 e. The van der Waals surface area contributed by atoms with E-state index in [0.29, 0.717) is 5.02 Å². The Morgan fingerprint density at radius 1 is 1.50 bits per heavy atom. The van der Waals surface area contributed by atoms with Crippen molar-refractivity contribution >= 4 is 17.7 Å². The highest BCUT2D eigenvalue weighted by Gasteiger charge is 2.01. The van der Waals surface area contributed by atoms with Crippen LogP contribution in [0.25, 0.3) is 6.08 Å². The summed E-state index contributed by atoms with van der Waals surface area (Å²) in [5, 5.41) is 12.8. The van der Waals surface area contributed by atoms with Crippen molar-refractivity contribution in [1.29, 1.82) is 0 Å². The summed E-state index contributed by atoms with van der Waals surface area (Å²) in [5.74, 6) is 0.117. The molecule has 1 rings (SSSR count). The number of phenols is 1. The lowest BCUT2D eigenvalue weighted by atomic mass is 10.1. The molecule has 2 nitrogen and oxygen atoms in total. The summed E-state index contributed by atoms with van der Waals surface area (Å²) in [6, 6.07) is 5.49. The van der Waals surface area contributed by atoms with E-state index in [1.807, 2.05) is 32.2 Å². The molecular weight excluding hydrogens is 198 g/mol. The number of rotatable bonds is 3. The van der Waals surface area contributed by atoms with Gasteiger partial charge in [0.15, 0.2) is 0 Å². The van der Waals surface area contributed by atoms with E-state index in [-0.39, 0.29) is 11.8 Å². The lowest BCUT2D eigenvalue weighted by molar-refractivity contribution is 0.475. The van der Waals surface area contributed by atoms with Crippen molar-refractivity contribution in [2.75, 3.05) is 7.05 Å². The van der Waals surface area contributed by atoms with Crippen molar-refractivity contribution in [3.63, 3.8) is 0 Å². The molecule has 3 heteroatoms. The van der Waals surface area contributed by atoms with Crippen LogP contribution in [0.15, 0.2) is 24.3 Å². The summed E-state index contributed by atoms with van der Waals surface area (Å²) in [4.78, 5) is 0. The van der Waals surface area contributed by atoms with E-state index >= 15 is 0 Å². The number of aromatic hydroxyl groups is 1. The molecule has 2 N–H and O–H groups in total. The second-order valence-electron chi connectivity index (χ2n) is 3.12. The van der Waals surface area contributed by atoms with E-state index in [0.717, 1.165) is 5.56 Å². The van der Waals surface area contributed by atoms with Crippen LogP contribution in [0.1, 0.15) is 12.5 Å². The van der Waals surface area contributed by atoms with E-state index in [1.54, 1.807) is 12.1 Å².